The summed E-state index contributed by atoms with van der Waals surface area (Å²) in [5.74, 6) is 1.63. The van der Waals surface area contributed by atoms with Gasteiger partial charge in [0.2, 0.25) is 5.91 Å². The fourth-order valence-electron chi connectivity index (χ4n) is 4.44. The zero-order chi connectivity index (χ0) is 20.6. The second kappa shape index (κ2) is 11.0. The number of guanidine groups is 1. The van der Waals surface area contributed by atoms with Gasteiger partial charge in [0.25, 0.3) is 0 Å². The minimum absolute atomic E-state index is 0.324. The van der Waals surface area contributed by atoms with Crippen LogP contribution in [0, 0.1) is 5.92 Å². The zero-order valence-electron chi connectivity index (χ0n) is 18.5. The van der Waals surface area contributed by atoms with Crippen LogP contribution in [0.1, 0.15) is 39.0 Å². The van der Waals surface area contributed by atoms with Crippen LogP contribution < -0.4 is 10.6 Å². The topological polar surface area (TPSA) is 63.2 Å². The van der Waals surface area contributed by atoms with Gasteiger partial charge in [-0.1, -0.05) is 18.6 Å². The summed E-state index contributed by atoms with van der Waals surface area (Å²) in [6, 6.07) is 0.489. The lowest BCUT2D eigenvalue weighted by Gasteiger charge is -2.38. The largest absolute Gasteiger partial charge is 0.355 e. The van der Waals surface area contributed by atoms with Gasteiger partial charge >= 0.3 is 0 Å². The summed E-state index contributed by atoms with van der Waals surface area (Å²) in [6.07, 6.45) is 5.71. The molecule has 1 amide bonds. The van der Waals surface area contributed by atoms with Crippen LogP contribution in [0.5, 0.6) is 0 Å². The molecule has 2 heterocycles. The van der Waals surface area contributed by atoms with E-state index in [-0.39, 0.29) is 0 Å². The number of amides is 1. The lowest BCUT2D eigenvalue weighted by atomic mass is 9.84. The fraction of sp³-hybridized carbons (Fsp3) is 0.818. The molecule has 0 aromatic heterocycles. The summed E-state index contributed by atoms with van der Waals surface area (Å²) in [7, 11) is 1.84. The van der Waals surface area contributed by atoms with E-state index in [9.17, 15) is 4.79 Å². The summed E-state index contributed by atoms with van der Waals surface area (Å²) < 4.78 is 0. The van der Waals surface area contributed by atoms with Crippen LogP contribution in [0.15, 0.2) is 17.1 Å². The number of aliphatic imine (C=N–C) groups is 1. The average molecular weight is 405 g/mol. The van der Waals surface area contributed by atoms with E-state index < -0.39 is 0 Å². The van der Waals surface area contributed by atoms with Gasteiger partial charge in [-0.25, -0.2) is 0 Å². The Morgan fingerprint density at radius 1 is 1.03 bits per heavy atom. The summed E-state index contributed by atoms with van der Waals surface area (Å²) in [5.41, 5.74) is 1.24. The highest BCUT2D eigenvalue weighted by molar-refractivity contribution is 5.80. The molecule has 164 valence electrons. The molecule has 2 N–H and O–H groups in total. The van der Waals surface area contributed by atoms with Crippen molar-refractivity contribution in [3.05, 3.63) is 12.2 Å². The molecule has 0 aromatic carbocycles. The van der Waals surface area contributed by atoms with Crippen molar-refractivity contribution in [3.8, 4) is 0 Å². The van der Waals surface area contributed by atoms with Crippen LogP contribution in [0.4, 0.5) is 0 Å². The van der Waals surface area contributed by atoms with Gasteiger partial charge in [-0.3, -0.25) is 19.6 Å². The van der Waals surface area contributed by atoms with Crippen LogP contribution in [-0.2, 0) is 4.79 Å². The number of likely N-dealkylation sites (tertiary alicyclic amines) is 1. The fourth-order valence-corrected chi connectivity index (χ4v) is 4.44. The molecule has 7 nitrogen and oxygen atoms in total. The second-order valence-electron chi connectivity index (χ2n) is 8.95. The Balaban J connectivity index is 1.28. The highest BCUT2D eigenvalue weighted by Gasteiger charge is 2.31. The first-order chi connectivity index (χ1) is 14.0. The van der Waals surface area contributed by atoms with Crippen molar-refractivity contribution < 1.29 is 4.79 Å². The van der Waals surface area contributed by atoms with E-state index in [4.69, 9.17) is 0 Å². The van der Waals surface area contributed by atoms with Gasteiger partial charge in [-0.15, -0.1) is 0 Å². The molecule has 7 heteroatoms. The molecule has 2 saturated heterocycles. The van der Waals surface area contributed by atoms with Gasteiger partial charge in [-0.2, -0.15) is 0 Å². The molecule has 0 bridgehead atoms. The van der Waals surface area contributed by atoms with Gasteiger partial charge in [0.15, 0.2) is 5.96 Å². The molecule has 0 radical (unpaired) electrons. The summed E-state index contributed by atoms with van der Waals surface area (Å²) in [4.78, 5) is 23.8. The number of nitrogens with zero attached hydrogens (tertiary/aromatic N) is 4. The zero-order valence-corrected chi connectivity index (χ0v) is 18.5. The number of carbonyl (C=O) groups is 1. The predicted molar refractivity (Wildman–Crippen MR) is 119 cm³/mol. The van der Waals surface area contributed by atoms with Gasteiger partial charge < -0.3 is 15.5 Å². The molecular formula is C22H40N6O. The second-order valence-corrected chi connectivity index (χ2v) is 8.95. The van der Waals surface area contributed by atoms with Crippen molar-refractivity contribution in [3.63, 3.8) is 0 Å². The Hall–Kier alpha value is -1.60. The molecule has 3 fully saturated rings. The van der Waals surface area contributed by atoms with Crippen molar-refractivity contribution >= 4 is 11.9 Å². The molecule has 0 atom stereocenters. The maximum atomic E-state index is 12.4. The molecule has 1 saturated carbocycles. The third-order valence-corrected chi connectivity index (χ3v) is 6.50. The lowest BCUT2D eigenvalue weighted by Crippen LogP contribution is -2.53. The number of hydrogen-bond acceptors (Lipinski definition) is 4. The minimum Gasteiger partial charge on any atom is -0.355 e. The smallest absolute Gasteiger partial charge is 0.225 e. The Kier molecular flexibility index (Phi) is 8.36. The quantitative estimate of drug-likeness (QED) is 0.378. The summed E-state index contributed by atoms with van der Waals surface area (Å²) >= 11 is 0. The molecular weight excluding hydrogens is 364 g/mol. The highest BCUT2D eigenvalue weighted by atomic mass is 16.2. The van der Waals surface area contributed by atoms with Gasteiger partial charge in [-0.05, 0) is 32.6 Å². The standard InChI is InChI=1S/C22H40N6O/c1-18(2)17-27-10-7-20(8-11-27)25-22(23-3)24-9-12-26-13-15-28(16-14-26)21(29)19-5-4-6-19/h19-20H,1,4-17H2,2-3H3,(H2,23,24,25). The van der Waals surface area contributed by atoms with Crippen LogP contribution in [0.3, 0.4) is 0 Å². The number of carbonyl (C=O) groups excluding carboxylic acids is 1. The molecule has 3 rings (SSSR count). The highest BCUT2D eigenvalue weighted by Crippen LogP contribution is 2.28. The molecule has 0 aromatic rings. The van der Waals surface area contributed by atoms with E-state index in [1.165, 1.54) is 12.0 Å². The number of nitrogens with one attached hydrogen (secondary N) is 2. The van der Waals surface area contributed by atoms with Crippen molar-refractivity contribution in [1.82, 2.24) is 25.3 Å². The van der Waals surface area contributed by atoms with E-state index in [0.29, 0.717) is 17.9 Å². The van der Waals surface area contributed by atoms with Crippen LogP contribution in [-0.4, -0.2) is 98.6 Å². The van der Waals surface area contributed by atoms with Crippen molar-refractivity contribution in [2.24, 2.45) is 10.9 Å². The Labute approximate surface area is 176 Å². The van der Waals surface area contributed by atoms with Gasteiger partial charge in [0.1, 0.15) is 0 Å². The van der Waals surface area contributed by atoms with Crippen LogP contribution >= 0.6 is 0 Å². The van der Waals surface area contributed by atoms with E-state index in [1.807, 2.05) is 7.05 Å². The Morgan fingerprint density at radius 3 is 2.28 bits per heavy atom. The van der Waals surface area contributed by atoms with Crippen LogP contribution in [0.25, 0.3) is 0 Å². The number of rotatable bonds is 7. The summed E-state index contributed by atoms with van der Waals surface area (Å²) in [6.45, 7) is 15.0. The number of piperidine rings is 1. The number of piperazine rings is 1. The molecule has 2 aliphatic heterocycles. The molecule has 1 aliphatic carbocycles. The monoisotopic (exact) mass is 404 g/mol. The molecule has 29 heavy (non-hydrogen) atoms. The van der Waals surface area contributed by atoms with E-state index in [0.717, 1.165) is 90.5 Å². The summed E-state index contributed by atoms with van der Waals surface area (Å²) in [5, 5.41) is 7.05. The molecule has 0 unspecified atom stereocenters. The minimum atomic E-state index is 0.324. The maximum Gasteiger partial charge on any atom is 0.225 e. The third-order valence-electron chi connectivity index (χ3n) is 6.50. The van der Waals surface area contributed by atoms with Gasteiger partial charge in [0.05, 0.1) is 0 Å². The van der Waals surface area contributed by atoms with Gasteiger partial charge in [0, 0.05) is 77.9 Å². The van der Waals surface area contributed by atoms with E-state index >= 15 is 0 Å². The van der Waals surface area contributed by atoms with Crippen molar-refractivity contribution in [1.29, 1.82) is 0 Å². The SMILES string of the molecule is C=C(C)CN1CCC(NC(=NC)NCCN2CCN(C(=O)C3CCC3)CC2)CC1. The maximum absolute atomic E-state index is 12.4. The van der Waals surface area contributed by atoms with E-state index in [2.05, 4.69) is 43.8 Å². The predicted octanol–water partition coefficient (Wildman–Crippen LogP) is 1.14. The first-order valence-corrected chi connectivity index (χ1v) is 11.4. The van der Waals surface area contributed by atoms with Crippen molar-refractivity contribution in [2.75, 3.05) is 66.0 Å². The van der Waals surface area contributed by atoms with Crippen LogP contribution in [0.2, 0.25) is 0 Å². The first-order valence-electron chi connectivity index (χ1n) is 11.4. The average Bonchev–Trinajstić information content (AvgIpc) is 2.67. The molecule has 3 aliphatic rings. The van der Waals surface area contributed by atoms with E-state index in [1.54, 1.807) is 0 Å². The number of hydrogen-bond donors (Lipinski definition) is 2. The third kappa shape index (κ3) is 6.71. The normalized spacial score (nSPS) is 23.0. The molecule has 0 spiro atoms. The van der Waals surface area contributed by atoms with Crippen molar-refractivity contribution in [2.45, 2.75) is 45.1 Å². The Morgan fingerprint density at radius 2 is 1.72 bits per heavy atom. The lowest BCUT2D eigenvalue weighted by molar-refractivity contribution is -0.139. The Bertz CT molecular complexity index is 572. The first kappa shape index (κ1) is 22.1.